The van der Waals surface area contributed by atoms with Gasteiger partial charge in [0.1, 0.15) is 0 Å². The second kappa shape index (κ2) is 4.80. The molecule has 1 heteroatoms. The van der Waals surface area contributed by atoms with Gasteiger partial charge in [0, 0.05) is 12.6 Å². The Kier molecular flexibility index (Phi) is 3.42. The Bertz CT molecular complexity index is 315. The first-order valence-corrected chi connectivity index (χ1v) is 6.12. The van der Waals surface area contributed by atoms with E-state index < -0.39 is 0 Å². The number of nitrogens with one attached hydrogen (secondary N) is 1. The van der Waals surface area contributed by atoms with Gasteiger partial charge in [-0.3, -0.25) is 0 Å². The van der Waals surface area contributed by atoms with Crippen molar-refractivity contribution in [2.45, 2.75) is 51.6 Å². The van der Waals surface area contributed by atoms with Crippen LogP contribution in [0.25, 0.3) is 0 Å². The van der Waals surface area contributed by atoms with E-state index in [4.69, 9.17) is 0 Å². The van der Waals surface area contributed by atoms with Crippen molar-refractivity contribution in [2.75, 3.05) is 0 Å². The van der Waals surface area contributed by atoms with Crippen LogP contribution in [0, 0.1) is 0 Å². The lowest BCUT2D eigenvalue weighted by Gasteiger charge is -2.13. The van der Waals surface area contributed by atoms with Crippen LogP contribution in [-0.2, 0) is 6.54 Å². The molecule has 0 bridgehead atoms. The van der Waals surface area contributed by atoms with Crippen LogP contribution in [0.3, 0.4) is 0 Å². The van der Waals surface area contributed by atoms with Gasteiger partial charge in [0.25, 0.3) is 0 Å². The Hall–Kier alpha value is -0.820. The smallest absolute Gasteiger partial charge is 0.0210 e. The summed E-state index contributed by atoms with van der Waals surface area (Å²) in [4.78, 5) is 0. The van der Waals surface area contributed by atoms with Crippen molar-refractivity contribution in [3.8, 4) is 0 Å². The highest BCUT2D eigenvalue weighted by Crippen LogP contribution is 2.41. The fourth-order valence-corrected chi connectivity index (χ4v) is 1.92. The largest absolute Gasteiger partial charge is 0.310 e. The highest BCUT2D eigenvalue weighted by atomic mass is 14.9. The van der Waals surface area contributed by atoms with Crippen molar-refractivity contribution in [1.82, 2.24) is 5.32 Å². The van der Waals surface area contributed by atoms with E-state index in [1.165, 1.54) is 24.8 Å². The number of benzene rings is 1. The monoisotopic (exact) mass is 203 g/mol. The fraction of sp³-hybridized carbons (Fsp3) is 0.571. The van der Waals surface area contributed by atoms with Crippen LogP contribution in [0.1, 0.15) is 50.2 Å². The summed E-state index contributed by atoms with van der Waals surface area (Å²) in [5, 5.41) is 3.57. The van der Waals surface area contributed by atoms with Crippen molar-refractivity contribution in [3.63, 3.8) is 0 Å². The van der Waals surface area contributed by atoms with Gasteiger partial charge in [-0.1, -0.05) is 31.2 Å². The summed E-state index contributed by atoms with van der Waals surface area (Å²) < 4.78 is 0. The highest BCUT2D eigenvalue weighted by molar-refractivity contribution is 5.33. The van der Waals surface area contributed by atoms with Crippen LogP contribution in [0.2, 0.25) is 0 Å². The summed E-state index contributed by atoms with van der Waals surface area (Å²) in [6.45, 7) is 5.51. The van der Waals surface area contributed by atoms with Gasteiger partial charge < -0.3 is 5.32 Å². The van der Waals surface area contributed by atoms with Crippen LogP contribution in [0.5, 0.6) is 0 Å². The quantitative estimate of drug-likeness (QED) is 0.773. The topological polar surface area (TPSA) is 12.0 Å². The van der Waals surface area contributed by atoms with Crippen LogP contribution < -0.4 is 5.32 Å². The van der Waals surface area contributed by atoms with Gasteiger partial charge in [0.15, 0.2) is 0 Å². The molecule has 0 aliphatic heterocycles. The molecule has 0 saturated heterocycles. The number of hydrogen-bond acceptors (Lipinski definition) is 1. The first-order chi connectivity index (χ1) is 7.31. The predicted molar refractivity (Wildman–Crippen MR) is 65.0 cm³/mol. The number of hydrogen-bond donors (Lipinski definition) is 1. The molecule has 1 aliphatic carbocycles. The summed E-state index contributed by atoms with van der Waals surface area (Å²) in [6.07, 6.45) is 3.98. The van der Waals surface area contributed by atoms with Crippen LogP contribution in [-0.4, -0.2) is 6.04 Å². The van der Waals surface area contributed by atoms with Crippen LogP contribution >= 0.6 is 0 Å². The Labute approximate surface area is 92.9 Å². The highest BCUT2D eigenvalue weighted by Gasteiger charge is 2.25. The molecular formula is C14H21N. The van der Waals surface area contributed by atoms with Gasteiger partial charge in [0.2, 0.25) is 0 Å². The molecular weight excluding hydrogens is 182 g/mol. The summed E-state index contributed by atoms with van der Waals surface area (Å²) in [5.74, 6) is 0.861. The van der Waals surface area contributed by atoms with Gasteiger partial charge in [-0.05, 0) is 43.2 Å². The molecule has 1 aromatic rings. The minimum atomic E-state index is 0.622. The van der Waals surface area contributed by atoms with E-state index in [1.807, 2.05) is 0 Å². The maximum Gasteiger partial charge on any atom is 0.0210 e. The third kappa shape index (κ3) is 2.82. The Morgan fingerprint density at radius 3 is 2.73 bits per heavy atom. The zero-order valence-electron chi connectivity index (χ0n) is 9.79. The first kappa shape index (κ1) is 10.7. The summed E-state index contributed by atoms with van der Waals surface area (Å²) in [5.41, 5.74) is 3.08. The average molecular weight is 203 g/mol. The third-order valence-electron chi connectivity index (χ3n) is 3.33. The SMILES string of the molecule is CCC(C)NCc1ccccc1C1CC1. The maximum atomic E-state index is 3.57. The van der Waals surface area contributed by atoms with E-state index >= 15 is 0 Å². The second-order valence-electron chi connectivity index (χ2n) is 4.66. The van der Waals surface area contributed by atoms with Gasteiger partial charge in [-0.2, -0.15) is 0 Å². The fourth-order valence-electron chi connectivity index (χ4n) is 1.92. The minimum Gasteiger partial charge on any atom is -0.310 e. The molecule has 1 aliphatic rings. The molecule has 82 valence electrons. The van der Waals surface area contributed by atoms with Gasteiger partial charge in [-0.25, -0.2) is 0 Å². The third-order valence-corrected chi connectivity index (χ3v) is 3.33. The summed E-state index contributed by atoms with van der Waals surface area (Å²) in [7, 11) is 0. The Morgan fingerprint density at radius 1 is 1.33 bits per heavy atom. The molecule has 1 nitrogen and oxygen atoms in total. The van der Waals surface area contributed by atoms with Crippen molar-refractivity contribution < 1.29 is 0 Å². The second-order valence-corrected chi connectivity index (χ2v) is 4.66. The van der Waals surface area contributed by atoms with E-state index in [0.717, 1.165) is 12.5 Å². The lowest BCUT2D eigenvalue weighted by molar-refractivity contribution is 0.532. The standard InChI is InChI=1S/C14H21N/c1-3-11(2)15-10-13-6-4-5-7-14(13)12-8-9-12/h4-7,11-12,15H,3,8-10H2,1-2H3. The van der Waals surface area contributed by atoms with Gasteiger partial charge in [-0.15, -0.1) is 0 Å². The van der Waals surface area contributed by atoms with Crippen molar-refractivity contribution in [3.05, 3.63) is 35.4 Å². The number of rotatable bonds is 5. The van der Waals surface area contributed by atoms with E-state index in [0.29, 0.717) is 6.04 Å². The molecule has 0 heterocycles. The minimum absolute atomic E-state index is 0.622. The van der Waals surface area contributed by atoms with Crippen molar-refractivity contribution in [2.24, 2.45) is 0 Å². The molecule has 0 radical (unpaired) electrons. The van der Waals surface area contributed by atoms with Crippen molar-refractivity contribution >= 4 is 0 Å². The Balaban J connectivity index is 2.00. The molecule has 1 atom stereocenters. The van der Waals surface area contributed by atoms with E-state index in [2.05, 4.69) is 43.4 Å². The zero-order chi connectivity index (χ0) is 10.7. The molecule has 0 amide bonds. The van der Waals surface area contributed by atoms with E-state index in [1.54, 1.807) is 5.56 Å². The van der Waals surface area contributed by atoms with Crippen LogP contribution in [0.4, 0.5) is 0 Å². The van der Waals surface area contributed by atoms with Crippen LogP contribution in [0.15, 0.2) is 24.3 Å². The molecule has 15 heavy (non-hydrogen) atoms. The molecule has 1 aromatic carbocycles. The normalized spacial score (nSPS) is 17.7. The molecule has 1 N–H and O–H groups in total. The molecule has 0 spiro atoms. The average Bonchev–Trinajstić information content (AvgIpc) is 3.10. The molecule has 2 rings (SSSR count). The molecule has 1 fully saturated rings. The molecule has 0 aromatic heterocycles. The summed E-state index contributed by atoms with van der Waals surface area (Å²) in [6, 6.07) is 9.51. The summed E-state index contributed by atoms with van der Waals surface area (Å²) >= 11 is 0. The lowest BCUT2D eigenvalue weighted by Crippen LogP contribution is -2.24. The van der Waals surface area contributed by atoms with E-state index in [9.17, 15) is 0 Å². The predicted octanol–water partition coefficient (Wildman–Crippen LogP) is 3.45. The van der Waals surface area contributed by atoms with Gasteiger partial charge in [0.05, 0.1) is 0 Å². The van der Waals surface area contributed by atoms with E-state index in [-0.39, 0.29) is 0 Å². The first-order valence-electron chi connectivity index (χ1n) is 6.12. The van der Waals surface area contributed by atoms with Crippen molar-refractivity contribution in [1.29, 1.82) is 0 Å². The zero-order valence-corrected chi connectivity index (χ0v) is 9.79. The van der Waals surface area contributed by atoms with Gasteiger partial charge >= 0.3 is 0 Å². The Morgan fingerprint density at radius 2 is 2.07 bits per heavy atom. The lowest BCUT2D eigenvalue weighted by atomic mass is 10.0. The molecule has 1 unspecified atom stereocenters. The molecule has 1 saturated carbocycles. The maximum absolute atomic E-state index is 3.57.